The summed E-state index contributed by atoms with van der Waals surface area (Å²) in [7, 11) is -3.70. The van der Waals surface area contributed by atoms with Gasteiger partial charge in [0.2, 0.25) is 5.91 Å². The molecule has 1 N–H and O–H groups in total. The van der Waals surface area contributed by atoms with Crippen molar-refractivity contribution >= 4 is 27.3 Å². The van der Waals surface area contributed by atoms with Gasteiger partial charge >= 0.3 is 0 Å². The number of amides is 1. The zero-order valence-electron chi connectivity index (χ0n) is 16.5. The fourth-order valence-electron chi connectivity index (χ4n) is 4.13. The third kappa shape index (κ3) is 3.20. The monoisotopic (exact) mass is 398 g/mol. The minimum Gasteiger partial charge on any atom is -0.309 e. The van der Waals surface area contributed by atoms with E-state index in [4.69, 9.17) is 0 Å². The highest BCUT2D eigenvalue weighted by atomic mass is 32.2. The van der Waals surface area contributed by atoms with Gasteiger partial charge in [-0.15, -0.1) is 0 Å². The van der Waals surface area contributed by atoms with Crippen LogP contribution < -0.4 is 9.62 Å². The Kier molecular flexibility index (Phi) is 4.70. The fraction of sp³-hybridized carbons (Fsp3) is 0.409. The van der Waals surface area contributed by atoms with Crippen LogP contribution in [0.2, 0.25) is 0 Å². The minimum absolute atomic E-state index is 0.0626. The van der Waals surface area contributed by atoms with Crippen LogP contribution in [0.4, 0.5) is 11.4 Å². The smallest absolute Gasteiger partial charge is 0.261 e. The third-order valence-electron chi connectivity index (χ3n) is 5.99. The first-order chi connectivity index (χ1) is 13.3. The van der Waals surface area contributed by atoms with Crippen LogP contribution in [0.1, 0.15) is 42.9 Å². The molecule has 148 valence electrons. The van der Waals surface area contributed by atoms with E-state index in [1.165, 1.54) is 0 Å². The Hall–Kier alpha value is -2.34. The van der Waals surface area contributed by atoms with Crippen LogP contribution in [-0.2, 0) is 21.2 Å². The van der Waals surface area contributed by atoms with Crippen molar-refractivity contribution in [3.8, 4) is 0 Å². The topological polar surface area (TPSA) is 66.5 Å². The molecule has 0 bridgehead atoms. The van der Waals surface area contributed by atoms with Gasteiger partial charge in [-0.2, -0.15) is 0 Å². The molecule has 2 aliphatic rings. The van der Waals surface area contributed by atoms with Gasteiger partial charge in [-0.1, -0.05) is 24.6 Å². The van der Waals surface area contributed by atoms with Gasteiger partial charge in [-0.25, -0.2) is 8.42 Å². The first-order valence-corrected chi connectivity index (χ1v) is 11.3. The maximum Gasteiger partial charge on any atom is 0.261 e. The number of aryl methyl sites for hydroxylation is 2. The molecule has 0 spiro atoms. The number of benzene rings is 2. The number of anilines is 2. The summed E-state index contributed by atoms with van der Waals surface area (Å²) in [5, 5.41) is 0. The van der Waals surface area contributed by atoms with Crippen molar-refractivity contribution in [1.29, 1.82) is 0 Å². The Labute approximate surface area is 166 Å². The third-order valence-corrected chi connectivity index (χ3v) is 7.33. The molecule has 2 aromatic carbocycles. The first kappa shape index (κ1) is 19.0. The van der Waals surface area contributed by atoms with Crippen molar-refractivity contribution in [2.24, 2.45) is 5.92 Å². The standard InChI is InChI=1S/C22H26N2O3S/c1-14-6-4-7-15(2)21(14)23-28(26,27)19-10-11-20-18(13-19)12-16(3)24(20)22(25)17-8-5-9-17/h4,6-7,10-11,13,16-17,23H,5,8-9,12H2,1-3H3/t16-/m1/s1. The second-order valence-corrected chi connectivity index (χ2v) is 9.73. The molecule has 1 atom stereocenters. The number of fused-ring (bicyclic) bond motifs is 1. The number of para-hydroxylation sites is 1. The van der Waals surface area contributed by atoms with Crippen LogP contribution in [0.5, 0.6) is 0 Å². The van der Waals surface area contributed by atoms with Gasteiger partial charge in [-0.05, 0) is 74.9 Å². The summed E-state index contributed by atoms with van der Waals surface area (Å²) < 4.78 is 28.7. The number of hydrogen-bond donors (Lipinski definition) is 1. The Morgan fingerprint density at radius 2 is 1.79 bits per heavy atom. The van der Waals surface area contributed by atoms with Gasteiger partial charge in [0.25, 0.3) is 10.0 Å². The number of sulfonamides is 1. The van der Waals surface area contributed by atoms with Crippen LogP contribution in [-0.4, -0.2) is 20.4 Å². The molecule has 1 amide bonds. The number of carbonyl (C=O) groups excluding carboxylic acids is 1. The van der Waals surface area contributed by atoms with E-state index in [0.29, 0.717) is 12.1 Å². The molecule has 5 nitrogen and oxygen atoms in total. The molecule has 1 fully saturated rings. The van der Waals surface area contributed by atoms with Gasteiger partial charge in [0.1, 0.15) is 0 Å². The van der Waals surface area contributed by atoms with Gasteiger partial charge < -0.3 is 4.90 Å². The average Bonchev–Trinajstić information content (AvgIpc) is 2.91. The van der Waals surface area contributed by atoms with Crippen LogP contribution in [0, 0.1) is 19.8 Å². The Balaban J connectivity index is 1.64. The largest absolute Gasteiger partial charge is 0.309 e. The van der Waals surface area contributed by atoms with Crippen molar-refractivity contribution < 1.29 is 13.2 Å². The molecule has 28 heavy (non-hydrogen) atoms. The molecular formula is C22H26N2O3S. The lowest BCUT2D eigenvalue weighted by Crippen LogP contribution is -2.42. The number of nitrogens with one attached hydrogen (secondary N) is 1. The van der Waals surface area contributed by atoms with Gasteiger partial charge in [-0.3, -0.25) is 9.52 Å². The summed E-state index contributed by atoms with van der Waals surface area (Å²) in [6.45, 7) is 5.80. The van der Waals surface area contributed by atoms with Crippen molar-refractivity contribution in [1.82, 2.24) is 0 Å². The number of hydrogen-bond acceptors (Lipinski definition) is 3. The molecule has 4 rings (SSSR count). The highest BCUT2D eigenvalue weighted by Crippen LogP contribution is 2.38. The molecule has 6 heteroatoms. The van der Waals surface area contributed by atoms with Crippen molar-refractivity contribution in [3.63, 3.8) is 0 Å². The van der Waals surface area contributed by atoms with Gasteiger partial charge in [0.15, 0.2) is 0 Å². The molecule has 1 heterocycles. The summed E-state index contributed by atoms with van der Waals surface area (Å²) in [5.74, 6) is 0.310. The van der Waals surface area contributed by atoms with E-state index < -0.39 is 10.0 Å². The van der Waals surface area contributed by atoms with E-state index in [1.54, 1.807) is 18.2 Å². The lowest BCUT2D eigenvalue weighted by molar-refractivity contribution is -0.125. The van der Waals surface area contributed by atoms with Crippen molar-refractivity contribution in [2.75, 3.05) is 9.62 Å². The number of carbonyl (C=O) groups is 1. The highest BCUT2D eigenvalue weighted by molar-refractivity contribution is 7.92. The number of rotatable bonds is 4. The minimum atomic E-state index is -3.70. The second kappa shape index (κ2) is 6.92. The molecule has 0 aromatic heterocycles. The normalized spacial score (nSPS) is 19.2. The summed E-state index contributed by atoms with van der Waals surface area (Å²) in [4.78, 5) is 14.9. The maximum atomic E-state index is 13.0. The molecular weight excluding hydrogens is 372 g/mol. The Morgan fingerprint density at radius 3 is 2.39 bits per heavy atom. The molecule has 0 saturated heterocycles. The Morgan fingerprint density at radius 1 is 1.11 bits per heavy atom. The quantitative estimate of drug-likeness (QED) is 0.840. The first-order valence-electron chi connectivity index (χ1n) is 9.83. The molecule has 0 unspecified atom stereocenters. The predicted molar refractivity (Wildman–Crippen MR) is 111 cm³/mol. The fourth-order valence-corrected chi connectivity index (χ4v) is 5.38. The van der Waals surface area contributed by atoms with Crippen LogP contribution >= 0.6 is 0 Å². The van der Waals surface area contributed by atoms with Crippen LogP contribution in [0.3, 0.4) is 0 Å². The zero-order valence-corrected chi connectivity index (χ0v) is 17.3. The molecule has 0 radical (unpaired) electrons. The lowest BCUT2D eigenvalue weighted by atomic mass is 9.84. The second-order valence-electron chi connectivity index (χ2n) is 8.05. The summed E-state index contributed by atoms with van der Waals surface area (Å²) in [6, 6.07) is 10.9. The SMILES string of the molecule is Cc1cccc(C)c1NS(=O)(=O)c1ccc2c(c1)C[C@@H](C)N2C(=O)C1CCC1. The number of nitrogens with zero attached hydrogens (tertiary/aromatic N) is 1. The zero-order chi connectivity index (χ0) is 20.1. The van der Waals surface area contributed by atoms with E-state index in [0.717, 1.165) is 41.6 Å². The lowest BCUT2D eigenvalue weighted by Gasteiger charge is -2.32. The van der Waals surface area contributed by atoms with E-state index in [9.17, 15) is 13.2 Å². The van der Waals surface area contributed by atoms with Crippen molar-refractivity contribution in [2.45, 2.75) is 57.4 Å². The molecule has 1 aliphatic heterocycles. The van der Waals surface area contributed by atoms with E-state index >= 15 is 0 Å². The van der Waals surface area contributed by atoms with Crippen LogP contribution in [0.15, 0.2) is 41.3 Å². The van der Waals surface area contributed by atoms with Crippen LogP contribution in [0.25, 0.3) is 0 Å². The molecule has 1 saturated carbocycles. The maximum absolute atomic E-state index is 13.0. The molecule has 2 aromatic rings. The molecule has 1 aliphatic carbocycles. The van der Waals surface area contributed by atoms with Crippen molar-refractivity contribution in [3.05, 3.63) is 53.1 Å². The summed E-state index contributed by atoms with van der Waals surface area (Å²) in [5.41, 5.74) is 4.17. The van der Waals surface area contributed by atoms with E-state index in [1.807, 2.05) is 43.9 Å². The van der Waals surface area contributed by atoms with E-state index in [2.05, 4.69) is 4.72 Å². The predicted octanol–water partition coefficient (Wildman–Crippen LogP) is 4.18. The summed E-state index contributed by atoms with van der Waals surface area (Å²) in [6.07, 6.45) is 3.72. The van der Waals surface area contributed by atoms with Gasteiger partial charge in [0.05, 0.1) is 10.6 Å². The Bertz CT molecular complexity index is 1020. The highest BCUT2D eigenvalue weighted by Gasteiger charge is 2.37. The van der Waals surface area contributed by atoms with E-state index in [-0.39, 0.29) is 22.8 Å². The average molecular weight is 399 g/mol. The van der Waals surface area contributed by atoms with Gasteiger partial charge in [0, 0.05) is 17.6 Å². The summed E-state index contributed by atoms with van der Waals surface area (Å²) >= 11 is 0.